The quantitative estimate of drug-likeness (QED) is 0.413. The monoisotopic (exact) mass is 556 g/mol. The summed E-state index contributed by atoms with van der Waals surface area (Å²) in [5, 5.41) is 11.6. The predicted molar refractivity (Wildman–Crippen MR) is 129 cm³/mol. The van der Waals surface area contributed by atoms with Crippen LogP contribution in [0, 0.1) is 0 Å². The number of alkyl halides is 3. The van der Waals surface area contributed by atoms with Crippen LogP contribution < -0.4 is 15.7 Å². The maximum Gasteiger partial charge on any atom is 0.490 e. The number of fused-ring (bicyclic) bond motifs is 1. The van der Waals surface area contributed by atoms with Crippen LogP contribution >= 0.6 is 15.9 Å². The van der Waals surface area contributed by atoms with Crippen molar-refractivity contribution in [2.75, 3.05) is 25.5 Å². The number of nitrogens with zero attached hydrogens (tertiary/aromatic N) is 1. The summed E-state index contributed by atoms with van der Waals surface area (Å²) in [7, 11) is 1.63. The minimum atomic E-state index is -5.08. The van der Waals surface area contributed by atoms with Gasteiger partial charge >= 0.3 is 17.8 Å². The molecule has 0 spiro atoms. The molecule has 0 radical (unpaired) electrons. The number of hydrogen-bond acceptors (Lipinski definition) is 6. The number of ether oxygens (including phenoxy) is 1. The molecule has 1 aliphatic heterocycles. The molecule has 1 aliphatic rings. The molecule has 0 atom stereocenters. The van der Waals surface area contributed by atoms with Gasteiger partial charge in [0.2, 0.25) is 0 Å². The van der Waals surface area contributed by atoms with Crippen LogP contribution in [0.4, 0.5) is 18.9 Å². The van der Waals surface area contributed by atoms with Gasteiger partial charge in [-0.05, 0) is 48.7 Å². The largest absolute Gasteiger partial charge is 0.497 e. The Morgan fingerprint density at radius 3 is 2.37 bits per heavy atom. The van der Waals surface area contributed by atoms with Gasteiger partial charge in [-0.15, -0.1) is 0 Å². The van der Waals surface area contributed by atoms with E-state index >= 15 is 0 Å². The highest BCUT2D eigenvalue weighted by Crippen LogP contribution is 2.28. The highest BCUT2D eigenvalue weighted by atomic mass is 79.9. The lowest BCUT2D eigenvalue weighted by Crippen LogP contribution is -2.38. The van der Waals surface area contributed by atoms with Crippen LogP contribution in [0.1, 0.15) is 18.4 Å². The van der Waals surface area contributed by atoms with E-state index in [-0.39, 0.29) is 5.63 Å². The molecule has 0 unspecified atom stereocenters. The van der Waals surface area contributed by atoms with Crippen molar-refractivity contribution in [1.82, 2.24) is 4.90 Å². The van der Waals surface area contributed by atoms with Crippen molar-refractivity contribution in [2.45, 2.75) is 31.6 Å². The van der Waals surface area contributed by atoms with E-state index in [4.69, 9.17) is 19.1 Å². The average Bonchev–Trinajstić information content (AvgIpc) is 2.81. The number of halogens is 4. The Morgan fingerprint density at radius 1 is 1.17 bits per heavy atom. The zero-order valence-electron chi connectivity index (χ0n) is 18.8. The minimum Gasteiger partial charge on any atom is -0.497 e. The molecule has 1 fully saturated rings. The summed E-state index contributed by atoms with van der Waals surface area (Å²) in [5.41, 5.74) is 2.38. The Labute approximate surface area is 207 Å². The minimum absolute atomic E-state index is 0.331. The van der Waals surface area contributed by atoms with E-state index in [0.717, 1.165) is 53.8 Å². The van der Waals surface area contributed by atoms with Crippen LogP contribution in [0.3, 0.4) is 0 Å². The third-order valence-corrected chi connectivity index (χ3v) is 5.99. The van der Waals surface area contributed by atoms with Crippen molar-refractivity contribution in [3.8, 4) is 5.75 Å². The van der Waals surface area contributed by atoms with Gasteiger partial charge in [0.25, 0.3) is 0 Å². The predicted octanol–water partition coefficient (Wildman–Crippen LogP) is 5.27. The first-order valence-electron chi connectivity index (χ1n) is 10.7. The highest BCUT2D eigenvalue weighted by molar-refractivity contribution is 9.10. The molecule has 0 amide bonds. The fourth-order valence-corrected chi connectivity index (χ4v) is 3.96. The Morgan fingerprint density at radius 2 is 1.80 bits per heavy atom. The Balaban J connectivity index is 0.000000429. The number of carboxylic acid groups (broad SMARTS) is 1. The first-order chi connectivity index (χ1) is 16.5. The smallest absolute Gasteiger partial charge is 0.490 e. The van der Waals surface area contributed by atoms with Crippen LogP contribution in [0.2, 0.25) is 0 Å². The van der Waals surface area contributed by atoms with Gasteiger partial charge in [0, 0.05) is 41.6 Å². The van der Waals surface area contributed by atoms with Crippen molar-refractivity contribution in [3.63, 3.8) is 0 Å². The lowest BCUT2D eigenvalue weighted by molar-refractivity contribution is -0.192. The van der Waals surface area contributed by atoms with Gasteiger partial charge in [0.05, 0.1) is 12.8 Å². The van der Waals surface area contributed by atoms with E-state index in [2.05, 4.69) is 50.4 Å². The van der Waals surface area contributed by atoms with Gasteiger partial charge in [0.1, 0.15) is 11.3 Å². The molecule has 2 N–H and O–H groups in total. The summed E-state index contributed by atoms with van der Waals surface area (Å²) >= 11 is 3.48. The second-order valence-corrected chi connectivity index (χ2v) is 8.88. The van der Waals surface area contributed by atoms with Gasteiger partial charge in [-0.25, -0.2) is 9.59 Å². The van der Waals surface area contributed by atoms with Gasteiger partial charge in [-0.1, -0.05) is 28.1 Å². The normalized spacial score (nSPS) is 14.8. The van der Waals surface area contributed by atoms with Crippen molar-refractivity contribution >= 4 is 38.6 Å². The lowest BCUT2D eigenvalue weighted by atomic mass is 10.0. The molecular weight excluding hydrogens is 533 g/mol. The number of hydrogen-bond donors (Lipinski definition) is 2. The van der Waals surface area contributed by atoms with Crippen LogP contribution in [-0.4, -0.2) is 48.4 Å². The molecule has 0 bridgehead atoms. The molecule has 0 saturated carbocycles. The zero-order valence-corrected chi connectivity index (χ0v) is 20.4. The van der Waals surface area contributed by atoms with E-state index in [1.807, 2.05) is 6.07 Å². The topological polar surface area (TPSA) is 92.0 Å². The molecule has 2 aromatic carbocycles. The fraction of sp³-hybridized carbons (Fsp3) is 0.333. The standard InChI is InChI=1S/C22H23BrN2O3.C2HF3O2/c1-27-18-6-7-21-19(12-18)20(13-22(26)28-21)24-17-8-10-25(11-9-17)14-15-2-4-16(23)5-3-15;3-2(4,5)1(6)7/h2-7,12-13,17,24H,8-11,14H2,1H3;(H,6,7). The van der Waals surface area contributed by atoms with Gasteiger partial charge < -0.3 is 19.6 Å². The van der Waals surface area contributed by atoms with E-state index in [9.17, 15) is 18.0 Å². The summed E-state index contributed by atoms with van der Waals surface area (Å²) in [6.45, 7) is 3.02. The summed E-state index contributed by atoms with van der Waals surface area (Å²) in [6, 6.07) is 15.9. The molecule has 4 rings (SSSR count). The number of rotatable bonds is 5. The fourth-order valence-electron chi connectivity index (χ4n) is 3.69. The number of nitrogens with one attached hydrogen (secondary N) is 1. The third-order valence-electron chi connectivity index (χ3n) is 5.46. The van der Waals surface area contributed by atoms with E-state index in [1.54, 1.807) is 19.2 Å². The van der Waals surface area contributed by atoms with E-state index < -0.39 is 12.1 Å². The summed E-state index contributed by atoms with van der Waals surface area (Å²) in [5.74, 6) is -2.01. The maximum absolute atomic E-state index is 11.9. The average molecular weight is 557 g/mol. The molecule has 3 aromatic rings. The van der Waals surface area contributed by atoms with Gasteiger partial charge in [-0.2, -0.15) is 13.2 Å². The second-order valence-electron chi connectivity index (χ2n) is 7.97. The van der Waals surface area contributed by atoms with Crippen LogP contribution in [0.15, 0.2) is 62.2 Å². The number of likely N-dealkylation sites (tertiary alicyclic amines) is 1. The first-order valence-corrected chi connectivity index (χ1v) is 11.5. The summed E-state index contributed by atoms with van der Waals surface area (Å²) in [6.07, 6.45) is -3.02. The molecule has 1 saturated heterocycles. The molecule has 11 heteroatoms. The van der Waals surface area contributed by atoms with Crippen molar-refractivity contribution < 1.29 is 32.2 Å². The first kappa shape index (κ1) is 26.6. The van der Waals surface area contributed by atoms with Crippen LogP contribution in [-0.2, 0) is 11.3 Å². The third kappa shape index (κ3) is 7.72. The number of carbonyl (C=O) groups is 1. The van der Waals surface area contributed by atoms with Crippen LogP contribution in [0.5, 0.6) is 5.75 Å². The van der Waals surface area contributed by atoms with Gasteiger partial charge in [-0.3, -0.25) is 4.90 Å². The number of methoxy groups -OCH3 is 1. The SMILES string of the molecule is COc1ccc2oc(=O)cc(NC3CCN(Cc4ccc(Br)cc4)CC3)c2c1.O=C(O)C(F)(F)F. The zero-order chi connectivity index (χ0) is 25.6. The maximum atomic E-state index is 11.9. The second kappa shape index (κ2) is 11.6. The number of benzene rings is 2. The Kier molecular flexibility index (Phi) is 8.79. The molecule has 188 valence electrons. The summed E-state index contributed by atoms with van der Waals surface area (Å²) in [4.78, 5) is 23.3. The van der Waals surface area contributed by atoms with E-state index in [1.165, 1.54) is 11.6 Å². The molecular formula is C24H24BrF3N2O5. The molecule has 7 nitrogen and oxygen atoms in total. The Bertz CT molecular complexity index is 1210. The van der Waals surface area contributed by atoms with Crippen molar-refractivity contribution in [3.05, 3.63) is 69.0 Å². The summed E-state index contributed by atoms with van der Waals surface area (Å²) < 4.78 is 43.5. The number of carboxylic acids is 1. The molecule has 35 heavy (non-hydrogen) atoms. The number of anilines is 1. The number of piperidine rings is 1. The number of aliphatic carboxylic acids is 1. The van der Waals surface area contributed by atoms with Crippen molar-refractivity contribution in [2.24, 2.45) is 0 Å². The lowest BCUT2D eigenvalue weighted by Gasteiger charge is -2.33. The van der Waals surface area contributed by atoms with Crippen molar-refractivity contribution in [1.29, 1.82) is 0 Å². The molecule has 2 heterocycles. The Hall–Kier alpha value is -3.05. The van der Waals surface area contributed by atoms with E-state index in [0.29, 0.717) is 11.6 Å². The van der Waals surface area contributed by atoms with Crippen LogP contribution in [0.25, 0.3) is 11.0 Å². The van der Waals surface area contributed by atoms with Gasteiger partial charge in [0.15, 0.2) is 0 Å². The highest BCUT2D eigenvalue weighted by Gasteiger charge is 2.38. The molecule has 1 aromatic heterocycles. The molecule has 0 aliphatic carbocycles.